The standard InChI is InChI=1S/C18H20ClN5O2/c19-12-4-5-16-14(10-12)17(23-24(16)9-3-1-2-7-20)22-15-11-21-8-6-13(15)18(25)26/h4-6,8,10-11H,1-3,7,9,20H2,(H,22,23)(H,25,26). The lowest BCUT2D eigenvalue weighted by atomic mass is 10.2. The number of unbranched alkanes of at least 4 members (excludes halogenated alkanes) is 2. The number of pyridine rings is 1. The predicted molar refractivity (Wildman–Crippen MR) is 102 cm³/mol. The molecule has 0 aliphatic heterocycles. The summed E-state index contributed by atoms with van der Waals surface area (Å²) in [5, 5.41) is 18.5. The van der Waals surface area contributed by atoms with Gasteiger partial charge in [0.1, 0.15) is 0 Å². The molecule has 0 saturated carbocycles. The number of aromatic carboxylic acids is 1. The van der Waals surface area contributed by atoms with Crippen molar-refractivity contribution < 1.29 is 9.90 Å². The molecular formula is C18H20ClN5O2. The zero-order valence-electron chi connectivity index (χ0n) is 14.2. The minimum Gasteiger partial charge on any atom is -0.478 e. The van der Waals surface area contributed by atoms with Gasteiger partial charge < -0.3 is 16.2 Å². The SMILES string of the molecule is NCCCCCn1nc(Nc2cnccc2C(=O)O)c2cc(Cl)ccc21. The van der Waals surface area contributed by atoms with Crippen LogP contribution in [0.4, 0.5) is 11.5 Å². The van der Waals surface area contributed by atoms with Gasteiger partial charge in [0, 0.05) is 23.2 Å². The van der Waals surface area contributed by atoms with Gasteiger partial charge in [0.15, 0.2) is 5.82 Å². The van der Waals surface area contributed by atoms with Crippen molar-refractivity contribution in [1.82, 2.24) is 14.8 Å². The number of hydrogen-bond acceptors (Lipinski definition) is 5. The van der Waals surface area contributed by atoms with Crippen LogP contribution < -0.4 is 11.1 Å². The Kier molecular flexibility index (Phi) is 5.70. The number of carbonyl (C=O) groups is 1. The molecule has 8 heteroatoms. The van der Waals surface area contributed by atoms with Crippen LogP contribution in [0.5, 0.6) is 0 Å². The molecule has 2 heterocycles. The monoisotopic (exact) mass is 373 g/mol. The van der Waals surface area contributed by atoms with Crippen molar-refractivity contribution in [2.45, 2.75) is 25.8 Å². The quantitative estimate of drug-likeness (QED) is 0.520. The third-order valence-corrected chi connectivity index (χ3v) is 4.33. The summed E-state index contributed by atoms with van der Waals surface area (Å²) in [7, 11) is 0. The number of halogens is 1. The second-order valence-electron chi connectivity index (χ2n) is 5.93. The number of hydrogen-bond donors (Lipinski definition) is 3. The van der Waals surface area contributed by atoms with Crippen LogP contribution in [-0.4, -0.2) is 32.4 Å². The topological polar surface area (TPSA) is 106 Å². The third-order valence-electron chi connectivity index (χ3n) is 4.09. The van der Waals surface area contributed by atoms with Crippen LogP contribution in [0.3, 0.4) is 0 Å². The summed E-state index contributed by atoms with van der Waals surface area (Å²) in [6.07, 6.45) is 5.89. The average Bonchev–Trinajstić information content (AvgIpc) is 2.96. The van der Waals surface area contributed by atoms with Gasteiger partial charge in [-0.1, -0.05) is 18.0 Å². The number of rotatable bonds is 8. The molecule has 0 bridgehead atoms. The van der Waals surface area contributed by atoms with Gasteiger partial charge in [-0.2, -0.15) is 5.10 Å². The predicted octanol–water partition coefficient (Wildman–Crippen LogP) is 3.66. The molecule has 3 aromatic rings. The van der Waals surface area contributed by atoms with E-state index in [0.29, 0.717) is 23.1 Å². The number of nitrogens with one attached hydrogen (secondary N) is 1. The van der Waals surface area contributed by atoms with Crippen LogP contribution in [0.15, 0.2) is 36.7 Å². The number of nitrogens with two attached hydrogens (primary N) is 1. The van der Waals surface area contributed by atoms with E-state index >= 15 is 0 Å². The zero-order chi connectivity index (χ0) is 18.5. The maximum Gasteiger partial charge on any atom is 0.337 e. The molecule has 26 heavy (non-hydrogen) atoms. The molecule has 0 atom stereocenters. The fraction of sp³-hybridized carbons (Fsp3) is 0.278. The average molecular weight is 374 g/mol. The van der Waals surface area contributed by atoms with Crippen LogP contribution >= 0.6 is 11.6 Å². The first-order valence-electron chi connectivity index (χ1n) is 8.40. The number of carboxylic acids is 1. The summed E-state index contributed by atoms with van der Waals surface area (Å²) >= 11 is 6.15. The van der Waals surface area contributed by atoms with Crippen LogP contribution in [0.25, 0.3) is 10.9 Å². The molecule has 4 N–H and O–H groups in total. The molecule has 136 valence electrons. The summed E-state index contributed by atoms with van der Waals surface area (Å²) < 4.78 is 1.90. The first-order chi connectivity index (χ1) is 12.6. The maximum absolute atomic E-state index is 11.4. The van der Waals surface area contributed by atoms with Crippen LogP contribution in [0.1, 0.15) is 29.6 Å². The number of nitrogens with zero attached hydrogens (tertiary/aromatic N) is 3. The number of carboxylic acid groups (broad SMARTS) is 1. The smallest absolute Gasteiger partial charge is 0.337 e. The summed E-state index contributed by atoms with van der Waals surface area (Å²) in [4.78, 5) is 15.4. The van der Waals surface area contributed by atoms with Crippen molar-refractivity contribution in [2.75, 3.05) is 11.9 Å². The van der Waals surface area contributed by atoms with Crippen molar-refractivity contribution >= 4 is 40.0 Å². The highest BCUT2D eigenvalue weighted by Gasteiger charge is 2.15. The summed E-state index contributed by atoms with van der Waals surface area (Å²) in [5.74, 6) is -0.477. The van der Waals surface area contributed by atoms with Gasteiger partial charge in [-0.25, -0.2) is 4.79 Å². The lowest BCUT2D eigenvalue weighted by molar-refractivity contribution is 0.0698. The van der Waals surface area contributed by atoms with Gasteiger partial charge in [0.05, 0.1) is 23.0 Å². The first-order valence-corrected chi connectivity index (χ1v) is 8.78. The molecular weight excluding hydrogens is 354 g/mol. The lowest BCUT2D eigenvalue weighted by Gasteiger charge is -2.06. The van der Waals surface area contributed by atoms with E-state index in [1.54, 1.807) is 0 Å². The third kappa shape index (κ3) is 3.95. The summed E-state index contributed by atoms with van der Waals surface area (Å²) in [6.45, 7) is 1.43. The van der Waals surface area contributed by atoms with E-state index in [2.05, 4.69) is 15.4 Å². The Labute approximate surface area is 155 Å². The van der Waals surface area contributed by atoms with Crippen LogP contribution in [0, 0.1) is 0 Å². The van der Waals surface area contributed by atoms with Crippen molar-refractivity contribution in [2.24, 2.45) is 5.73 Å². The van der Waals surface area contributed by atoms with E-state index in [9.17, 15) is 9.90 Å². The van der Waals surface area contributed by atoms with Crippen molar-refractivity contribution in [1.29, 1.82) is 0 Å². The van der Waals surface area contributed by atoms with Gasteiger partial charge in [0.2, 0.25) is 0 Å². The number of aromatic nitrogens is 3. The van der Waals surface area contributed by atoms with Crippen LogP contribution in [-0.2, 0) is 6.54 Å². The Morgan fingerprint density at radius 3 is 2.88 bits per heavy atom. The molecule has 0 unspecified atom stereocenters. The van der Waals surface area contributed by atoms with E-state index in [-0.39, 0.29) is 5.56 Å². The van der Waals surface area contributed by atoms with Crippen molar-refractivity contribution in [3.8, 4) is 0 Å². The number of fused-ring (bicyclic) bond motifs is 1. The molecule has 0 amide bonds. The molecule has 0 aliphatic rings. The van der Waals surface area contributed by atoms with E-state index in [1.807, 2.05) is 22.9 Å². The van der Waals surface area contributed by atoms with Gasteiger partial charge in [-0.15, -0.1) is 0 Å². The maximum atomic E-state index is 11.4. The van der Waals surface area contributed by atoms with Crippen molar-refractivity contribution in [3.05, 3.63) is 47.2 Å². The minimum atomic E-state index is -1.03. The molecule has 0 fully saturated rings. The fourth-order valence-corrected chi connectivity index (χ4v) is 2.98. The molecule has 3 rings (SSSR count). The number of aryl methyl sites for hydroxylation is 1. The summed E-state index contributed by atoms with van der Waals surface area (Å²) in [5.41, 5.74) is 6.99. The summed E-state index contributed by atoms with van der Waals surface area (Å²) in [6, 6.07) is 7.00. The van der Waals surface area contributed by atoms with Gasteiger partial charge >= 0.3 is 5.97 Å². The lowest BCUT2D eigenvalue weighted by Crippen LogP contribution is -2.05. The van der Waals surface area contributed by atoms with E-state index < -0.39 is 5.97 Å². The molecule has 0 radical (unpaired) electrons. The van der Waals surface area contributed by atoms with Gasteiger partial charge in [0.25, 0.3) is 0 Å². The van der Waals surface area contributed by atoms with E-state index in [0.717, 1.165) is 36.7 Å². The molecule has 0 aliphatic carbocycles. The largest absolute Gasteiger partial charge is 0.478 e. The highest BCUT2D eigenvalue weighted by molar-refractivity contribution is 6.31. The highest BCUT2D eigenvalue weighted by atomic mass is 35.5. The van der Waals surface area contributed by atoms with Gasteiger partial charge in [-0.05, 0) is 43.7 Å². The minimum absolute atomic E-state index is 0.132. The zero-order valence-corrected chi connectivity index (χ0v) is 14.9. The molecule has 2 aromatic heterocycles. The van der Waals surface area contributed by atoms with Crippen LogP contribution in [0.2, 0.25) is 5.02 Å². The second kappa shape index (κ2) is 8.16. The van der Waals surface area contributed by atoms with Gasteiger partial charge in [-0.3, -0.25) is 9.67 Å². The first kappa shape index (κ1) is 18.2. The van der Waals surface area contributed by atoms with E-state index in [4.69, 9.17) is 17.3 Å². The molecule has 7 nitrogen and oxygen atoms in total. The number of anilines is 2. The Morgan fingerprint density at radius 2 is 2.12 bits per heavy atom. The Bertz CT molecular complexity index is 925. The number of benzene rings is 1. The highest BCUT2D eigenvalue weighted by Crippen LogP contribution is 2.29. The molecule has 1 aromatic carbocycles. The Morgan fingerprint density at radius 1 is 1.27 bits per heavy atom. The second-order valence-corrected chi connectivity index (χ2v) is 6.37. The Balaban J connectivity index is 1.95. The van der Waals surface area contributed by atoms with E-state index in [1.165, 1.54) is 18.5 Å². The fourth-order valence-electron chi connectivity index (χ4n) is 2.81. The molecule has 0 spiro atoms. The van der Waals surface area contributed by atoms with Crippen molar-refractivity contribution in [3.63, 3.8) is 0 Å². The Hall–Kier alpha value is -2.64. The normalized spacial score (nSPS) is 11.0. The molecule has 0 saturated heterocycles.